The second-order valence-electron chi connectivity index (χ2n) is 7.11. The van der Waals surface area contributed by atoms with E-state index in [1.807, 2.05) is 24.3 Å². The summed E-state index contributed by atoms with van der Waals surface area (Å²) in [5.41, 5.74) is 0.948. The fraction of sp³-hybridized carbons (Fsp3) is 0.600. The van der Waals surface area contributed by atoms with E-state index in [-0.39, 0.29) is 17.9 Å². The average Bonchev–Trinajstić information content (AvgIpc) is 3.13. The number of hydrogen-bond acceptors (Lipinski definition) is 3. The van der Waals surface area contributed by atoms with Crippen molar-refractivity contribution in [3.05, 3.63) is 29.8 Å². The van der Waals surface area contributed by atoms with Gasteiger partial charge in [0.15, 0.2) is 0 Å². The van der Waals surface area contributed by atoms with Crippen LogP contribution in [0.5, 0.6) is 5.75 Å². The van der Waals surface area contributed by atoms with Crippen molar-refractivity contribution in [3.8, 4) is 5.75 Å². The Morgan fingerprint density at radius 1 is 1.08 bits per heavy atom. The lowest BCUT2D eigenvalue weighted by molar-refractivity contribution is -0.138. The van der Waals surface area contributed by atoms with Crippen LogP contribution in [-0.4, -0.2) is 42.5 Å². The van der Waals surface area contributed by atoms with E-state index >= 15 is 0 Å². The fourth-order valence-electron chi connectivity index (χ4n) is 3.90. The quantitative estimate of drug-likeness (QED) is 0.893. The van der Waals surface area contributed by atoms with Gasteiger partial charge >= 0.3 is 0 Å². The molecule has 2 fully saturated rings. The van der Waals surface area contributed by atoms with Crippen LogP contribution in [0.25, 0.3) is 0 Å². The predicted molar refractivity (Wildman–Crippen MR) is 96.4 cm³/mol. The number of nitrogens with zero attached hydrogens (tertiary/aromatic N) is 1. The van der Waals surface area contributed by atoms with Gasteiger partial charge < -0.3 is 15.0 Å². The van der Waals surface area contributed by atoms with Gasteiger partial charge in [-0.25, -0.2) is 0 Å². The van der Waals surface area contributed by atoms with E-state index in [0.29, 0.717) is 19.0 Å². The summed E-state index contributed by atoms with van der Waals surface area (Å²) in [5.74, 6) is 0.848. The van der Waals surface area contributed by atoms with Gasteiger partial charge in [0.25, 0.3) is 0 Å². The van der Waals surface area contributed by atoms with Crippen molar-refractivity contribution in [2.75, 3.05) is 13.7 Å². The SMILES string of the molecule is COc1ccc(CC(=O)N2CCC[C@H]2C(=O)NC2CCCCC2)cc1. The maximum Gasteiger partial charge on any atom is 0.243 e. The number of carbonyl (C=O) groups excluding carboxylic acids is 2. The molecule has 3 rings (SSSR count). The third-order valence-electron chi connectivity index (χ3n) is 5.34. The summed E-state index contributed by atoms with van der Waals surface area (Å²) in [7, 11) is 1.62. The molecule has 2 amide bonds. The van der Waals surface area contributed by atoms with Crippen molar-refractivity contribution in [1.29, 1.82) is 0 Å². The Labute approximate surface area is 149 Å². The molecule has 1 atom stereocenters. The third-order valence-corrected chi connectivity index (χ3v) is 5.34. The van der Waals surface area contributed by atoms with Crippen LogP contribution in [0.15, 0.2) is 24.3 Å². The average molecular weight is 344 g/mol. The van der Waals surface area contributed by atoms with Crippen molar-refractivity contribution in [2.24, 2.45) is 0 Å². The Hall–Kier alpha value is -2.04. The lowest BCUT2D eigenvalue weighted by Crippen LogP contribution is -2.49. The first-order valence-corrected chi connectivity index (χ1v) is 9.40. The molecule has 1 saturated carbocycles. The summed E-state index contributed by atoms with van der Waals surface area (Å²) < 4.78 is 5.15. The number of ether oxygens (including phenoxy) is 1. The van der Waals surface area contributed by atoms with Crippen LogP contribution >= 0.6 is 0 Å². The molecule has 0 spiro atoms. The highest BCUT2D eigenvalue weighted by molar-refractivity contribution is 5.89. The zero-order valence-corrected chi connectivity index (χ0v) is 15.0. The molecule has 5 nitrogen and oxygen atoms in total. The molecule has 0 unspecified atom stereocenters. The molecule has 1 aromatic carbocycles. The molecule has 0 radical (unpaired) electrons. The summed E-state index contributed by atoms with van der Waals surface area (Å²) in [6.45, 7) is 0.678. The van der Waals surface area contributed by atoms with Gasteiger partial charge in [0, 0.05) is 12.6 Å². The maximum atomic E-state index is 12.7. The predicted octanol–water partition coefficient (Wildman–Crippen LogP) is 2.68. The minimum absolute atomic E-state index is 0.0338. The van der Waals surface area contributed by atoms with Crippen LogP contribution in [0.1, 0.15) is 50.5 Å². The van der Waals surface area contributed by atoms with Gasteiger partial charge in [0.2, 0.25) is 11.8 Å². The Balaban J connectivity index is 1.57. The van der Waals surface area contributed by atoms with E-state index in [2.05, 4.69) is 5.32 Å². The van der Waals surface area contributed by atoms with Crippen molar-refractivity contribution in [3.63, 3.8) is 0 Å². The summed E-state index contributed by atoms with van der Waals surface area (Å²) in [4.78, 5) is 27.1. The van der Waals surface area contributed by atoms with Crippen molar-refractivity contribution in [2.45, 2.75) is 63.5 Å². The smallest absolute Gasteiger partial charge is 0.243 e. The van der Waals surface area contributed by atoms with Crippen LogP contribution in [0, 0.1) is 0 Å². The largest absolute Gasteiger partial charge is 0.497 e. The normalized spacial score (nSPS) is 21.2. The molecule has 1 saturated heterocycles. The molecule has 1 aliphatic heterocycles. The molecule has 2 aliphatic rings. The topological polar surface area (TPSA) is 58.6 Å². The van der Waals surface area contributed by atoms with Gasteiger partial charge in [-0.2, -0.15) is 0 Å². The molecule has 5 heteroatoms. The molecule has 1 aliphatic carbocycles. The van der Waals surface area contributed by atoms with Crippen LogP contribution in [-0.2, 0) is 16.0 Å². The Morgan fingerprint density at radius 3 is 2.48 bits per heavy atom. The Bertz CT molecular complexity index is 593. The minimum Gasteiger partial charge on any atom is -0.497 e. The van der Waals surface area contributed by atoms with Gasteiger partial charge in [-0.15, -0.1) is 0 Å². The zero-order chi connectivity index (χ0) is 17.6. The minimum atomic E-state index is -0.298. The van der Waals surface area contributed by atoms with Gasteiger partial charge in [-0.05, 0) is 43.4 Å². The summed E-state index contributed by atoms with van der Waals surface area (Å²) >= 11 is 0. The number of hydrogen-bond donors (Lipinski definition) is 1. The number of nitrogens with one attached hydrogen (secondary N) is 1. The van der Waals surface area contributed by atoms with E-state index < -0.39 is 0 Å². The second-order valence-corrected chi connectivity index (χ2v) is 7.11. The molecule has 1 N–H and O–H groups in total. The number of carbonyl (C=O) groups is 2. The highest BCUT2D eigenvalue weighted by atomic mass is 16.5. The summed E-state index contributed by atoms with van der Waals surface area (Å²) in [5, 5.41) is 3.18. The fourth-order valence-corrected chi connectivity index (χ4v) is 3.90. The molecule has 1 aromatic rings. The van der Waals surface area contributed by atoms with Gasteiger partial charge in [0.05, 0.1) is 13.5 Å². The van der Waals surface area contributed by atoms with Gasteiger partial charge in [0.1, 0.15) is 11.8 Å². The highest BCUT2D eigenvalue weighted by Gasteiger charge is 2.34. The van der Waals surface area contributed by atoms with E-state index in [9.17, 15) is 9.59 Å². The van der Waals surface area contributed by atoms with E-state index in [4.69, 9.17) is 4.74 Å². The zero-order valence-electron chi connectivity index (χ0n) is 15.0. The molecular weight excluding hydrogens is 316 g/mol. The maximum absolute atomic E-state index is 12.7. The van der Waals surface area contributed by atoms with Gasteiger partial charge in [-0.1, -0.05) is 31.4 Å². The highest BCUT2D eigenvalue weighted by Crippen LogP contribution is 2.22. The standard InChI is InChI=1S/C20H28N2O3/c1-25-17-11-9-15(10-12-17)14-19(23)22-13-5-8-18(22)20(24)21-16-6-3-2-4-7-16/h9-12,16,18H,2-8,13-14H2,1H3,(H,21,24)/t18-/m0/s1. The number of benzene rings is 1. The van der Waals surface area contributed by atoms with Crippen molar-refractivity contribution < 1.29 is 14.3 Å². The van der Waals surface area contributed by atoms with E-state index in [0.717, 1.165) is 37.0 Å². The number of methoxy groups -OCH3 is 1. The molecule has 136 valence electrons. The summed E-state index contributed by atoms with van der Waals surface area (Å²) in [6.07, 6.45) is 7.78. The summed E-state index contributed by atoms with van der Waals surface area (Å²) in [6, 6.07) is 7.53. The van der Waals surface area contributed by atoms with E-state index in [1.165, 1.54) is 19.3 Å². The van der Waals surface area contributed by atoms with Crippen LogP contribution in [0.3, 0.4) is 0 Å². The number of amides is 2. The van der Waals surface area contributed by atoms with Crippen LogP contribution in [0.4, 0.5) is 0 Å². The Kier molecular flexibility index (Phi) is 5.95. The monoisotopic (exact) mass is 344 g/mol. The molecule has 25 heavy (non-hydrogen) atoms. The molecule has 0 aromatic heterocycles. The Morgan fingerprint density at radius 2 is 1.80 bits per heavy atom. The molecular formula is C20H28N2O3. The molecule has 1 heterocycles. The van der Waals surface area contributed by atoms with Crippen LogP contribution < -0.4 is 10.1 Å². The first kappa shape index (κ1) is 17.8. The van der Waals surface area contributed by atoms with Crippen molar-refractivity contribution >= 4 is 11.8 Å². The lowest BCUT2D eigenvalue weighted by Gasteiger charge is -2.28. The van der Waals surface area contributed by atoms with Crippen LogP contribution in [0.2, 0.25) is 0 Å². The number of likely N-dealkylation sites (tertiary alicyclic amines) is 1. The number of rotatable bonds is 5. The second kappa shape index (κ2) is 8.37. The van der Waals surface area contributed by atoms with Gasteiger partial charge in [-0.3, -0.25) is 9.59 Å². The first-order chi connectivity index (χ1) is 12.2. The van der Waals surface area contributed by atoms with E-state index in [1.54, 1.807) is 12.0 Å². The molecule has 0 bridgehead atoms. The lowest BCUT2D eigenvalue weighted by atomic mass is 9.95. The third kappa shape index (κ3) is 4.53. The first-order valence-electron chi connectivity index (χ1n) is 9.40. The van der Waals surface area contributed by atoms with Crippen molar-refractivity contribution in [1.82, 2.24) is 10.2 Å².